The van der Waals surface area contributed by atoms with Crippen molar-refractivity contribution in [3.8, 4) is 5.06 Å². The number of carbonyl (C=O) groups excluding carboxylic acids is 2. The number of esters is 1. The number of ether oxygens (including phenoxy) is 1. The Morgan fingerprint density at radius 1 is 1.16 bits per heavy atom. The lowest BCUT2D eigenvalue weighted by molar-refractivity contribution is -0.118. The number of fused-ring (bicyclic) bond motifs is 1. The molecule has 1 aromatic heterocycles. The normalized spacial score (nSPS) is 14.0. The average Bonchev–Trinajstić information content (AvgIpc) is 2.91. The van der Waals surface area contributed by atoms with E-state index < -0.39 is 0 Å². The maximum Gasteiger partial charge on any atom is 0.344 e. The second-order valence-electron chi connectivity index (χ2n) is 4.52. The molecule has 0 unspecified atom stereocenters. The highest BCUT2D eigenvalue weighted by molar-refractivity contribution is 7.11. The van der Waals surface area contributed by atoms with Crippen LogP contribution in [0.15, 0.2) is 35.7 Å². The van der Waals surface area contributed by atoms with Crippen LogP contribution in [0.1, 0.15) is 27.9 Å². The Morgan fingerprint density at radius 2 is 2.05 bits per heavy atom. The number of ketones is 1. The number of thiophene rings is 1. The van der Waals surface area contributed by atoms with Crippen molar-refractivity contribution >= 4 is 23.1 Å². The van der Waals surface area contributed by atoms with E-state index in [9.17, 15) is 9.59 Å². The van der Waals surface area contributed by atoms with Crippen molar-refractivity contribution in [3.63, 3.8) is 0 Å². The van der Waals surface area contributed by atoms with Crippen LogP contribution < -0.4 is 4.74 Å². The van der Waals surface area contributed by atoms with Gasteiger partial charge in [0.05, 0.1) is 5.56 Å². The molecular formula is C15H12O3S. The van der Waals surface area contributed by atoms with Crippen LogP contribution in [0.5, 0.6) is 5.06 Å². The van der Waals surface area contributed by atoms with E-state index in [0.29, 0.717) is 29.9 Å². The zero-order valence-electron chi connectivity index (χ0n) is 10.2. The van der Waals surface area contributed by atoms with Gasteiger partial charge in [-0.05, 0) is 47.2 Å². The van der Waals surface area contributed by atoms with E-state index in [1.165, 1.54) is 11.3 Å². The summed E-state index contributed by atoms with van der Waals surface area (Å²) in [5, 5.41) is 2.46. The summed E-state index contributed by atoms with van der Waals surface area (Å²) in [5.41, 5.74) is 2.66. The summed E-state index contributed by atoms with van der Waals surface area (Å²) in [7, 11) is 0. The van der Waals surface area contributed by atoms with E-state index in [1.54, 1.807) is 12.1 Å². The van der Waals surface area contributed by atoms with Gasteiger partial charge in [-0.15, -0.1) is 11.3 Å². The average molecular weight is 272 g/mol. The van der Waals surface area contributed by atoms with Gasteiger partial charge < -0.3 is 4.74 Å². The van der Waals surface area contributed by atoms with Crippen LogP contribution in [0.4, 0.5) is 0 Å². The molecule has 0 radical (unpaired) electrons. The molecular weight excluding hydrogens is 260 g/mol. The third kappa shape index (κ3) is 2.58. The van der Waals surface area contributed by atoms with Gasteiger partial charge in [0.1, 0.15) is 5.78 Å². The molecule has 0 saturated heterocycles. The Morgan fingerprint density at radius 3 is 2.84 bits per heavy atom. The lowest BCUT2D eigenvalue weighted by Crippen LogP contribution is -2.15. The number of benzene rings is 1. The van der Waals surface area contributed by atoms with E-state index in [1.807, 2.05) is 23.6 Å². The minimum Gasteiger partial charge on any atom is -0.412 e. The molecule has 0 fully saturated rings. The quantitative estimate of drug-likeness (QED) is 0.789. The first-order valence-corrected chi connectivity index (χ1v) is 6.99. The first-order valence-electron chi connectivity index (χ1n) is 6.11. The van der Waals surface area contributed by atoms with Crippen LogP contribution in [-0.2, 0) is 17.6 Å². The molecule has 4 heteroatoms. The lowest BCUT2D eigenvalue weighted by atomic mass is 9.89. The molecule has 0 N–H and O–H groups in total. The summed E-state index contributed by atoms with van der Waals surface area (Å²) in [6.07, 6.45) is 1.76. The maximum absolute atomic E-state index is 12.0. The molecule has 1 aromatic carbocycles. The summed E-state index contributed by atoms with van der Waals surface area (Å²) in [5.74, 6) is -0.0800. The second kappa shape index (κ2) is 4.97. The molecule has 1 aliphatic carbocycles. The van der Waals surface area contributed by atoms with Crippen molar-refractivity contribution in [2.75, 3.05) is 0 Å². The second-order valence-corrected chi connectivity index (χ2v) is 5.43. The van der Waals surface area contributed by atoms with E-state index in [0.717, 1.165) is 11.1 Å². The number of hydrogen-bond acceptors (Lipinski definition) is 4. The van der Waals surface area contributed by atoms with Gasteiger partial charge in [-0.3, -0.25) is 4.79 Å². The van der Waals surface area contributed by atoms with Crippen molar-refractivity contribution < 1.29 is 14.3 Å². The molecule has 19 heavy (non-hydrogen) atoms. The largest absolute Gasteiger partial charge is 0.412 e. The van der Waals surface area contributed by atoms with Crippen molar-refractivity contribution in [2.45, 2.75) is 19.3 Å². The van der Waals surface area contributed by atoms with Gasteiger partial charge in [0.2, 0.25) is 0 Å². The van der Waals surface area contributed by atoms with E-state index in [4.69, 9.17) is 4.74 Å². The third-order valence-electron chi connectivity index (χ3n) is 3.19. The number of rotatable bonds is 2. The topological polar surface area (TPSA) is 43.4 Å². The summed E-state index contributed by atoms with van der Waals surface area (Å²) in [6, 6.07) is 9.04. The van der Waals surface area contributed by atoms with Crippen LogP contribution >= 0.6 is 11.3 Å². The van der Waals surface area contributed by atoms with Crippen LogP contribution in [0.2, 0.25) is 0 Å². The van der Waals surface area contributed by atoms with E-state index >= 15 is 0 Å². The van der Waals surface area contributed by atoms with Crippen molar-refractivity contribution in [1.29, 1.82) is 0 Å². The van der Waals surface area contributed by atoms with Crippen LogP contribution in [0.25, 0.3) is 0 Å². The molecule has 3 nitrogen and oxygen atoms in total. The van der Waals surface area contributed by atoms with Gasteiger partial charge in [-0.1, -0.05) is 6.07 Å². The summed E-state index contributed by atoms with van der Waals surface area (Å²) >= 11 is 1.39. The number of hydrogen-bond donors (Lipinski definition) is 0. The van der Waals surface area contributed by atoms with Gasteiger partial charge in [-0.2, -0.15) is 0 Å². The SMILES string of the molecule is O=C1CCc2cc(C(=O)Oc3cccs3)ccc2C1. The fraction of sp³-hybridized carbons (Fsp3) is 0.200. The Balaban J connectivity index is 1.82. The van der Waals surface area contributed by atoms with Gasteiger partial charge in [-0.25, -0.2) is 4.79 Å². The zero-order chi connectivity index (χ0) is 13.2. The Kier molecular flexibility index (Phi) is 3.17. The number of Topliss-reactive ketones (excluding diaryl/α,β-unsaturated/α-hetero) is 1. The molecule has 96 valence electrons. The summed E-state index contributed by atoms with van der Waals surface area (Å²) in [6.45, 7) is 0. The Bertz CT molecular complexity index is 629. The molecule has 1 aliphatic rings. The van der Waals surface area contributed by atoms with Crippen LogP contribution in [-0.4, -0.2) is 11.8 Å². The smallest absolute Gasteiger partial charge is 0.344 e. The first-order chi connectivity index (χ1) is 9.22. The van der Waals surface area contributed by atoms with E-state index in [2.05, 4.69) is 0 Å². The van der Waals surface area contributed by atoms with Gasteiger partial charge in [0.25, 0.3) is 0 Å². The molecule has 2 aromatic rings. The van der Waals surface area contributed by atoms with Gasteiger partial charge in [0.15, 0.2) is 5.06 Å². The monoisotopic (exact) mass is 272 g/mol. The standard InChI is InChI=1S/C15H12O3S/c16-13-6-5-10-8-12(4-3-11(10)9-13)15(17)18-14-2-1-7-19-14/h1-4,7-8H,5-6,9H2. The molecule has 3 rings (SSSR count). The highest BCUT2D eigenvalue weighted by Crippen LogP contribution is 2.23. The predicted molar refractivity (Wildman–Crippen MR) is 72.8 cm³/mol. The maximum atomic E-state index is 12.0. The van der Waals surface area contributed by atoms with Crippen molar-refractivity contribution in [1.82, 2.24) is 0 Å². The molecule has 0 saturated carbocycles. The summed E-state index contributed by atoms with van der Waals surface area (Å²) in [4.78, 5) is 23.3. The highest BCUT2D eigenvalue weighted by Gasteiger charge is 2.18. The molecule has 1 heterocycles. The molecule has 0 atom stereocenters. The van der Waals surface area contributed by atoms with Gasteiger partial charge >= 0.3 is 5.97 Å². The Hall–Kier alpha value is -1.94. The highest BCUT2D eigenvalue weighted by atomic mass is 32.1. The number of carbonyl (C=O) groups is 2. The van der Waals surface area contributed by atoms with E-state index in [-0.39, 0.29) is 11.8 Å². The molecule has 0 amide bonds. The third-order valence-corrected chi connectivity index (χ3v) is 3.94. The summed E-state index contributed by atoms with van der Waals surface area (Å²) < 4.78 is 5.27. The molecule has 0 aliphatic heterocycles. The molecule has 0 spiro atoms. The lowest BCUT2D eigenvalue weighted by Gasteiger charge is -2.15. The van der Waals surface area contributed by atoms with Crippen LogP contribution in [0.3, 0.4) is 0 Å². The fourth-order valence-electron chi connectivity index (χ4n) is 2.20. The minimum atomic E-state index is -0.345. The van der Waals surface area contributed by atoms with Crippen LogP contribution in [0, 0.1) is 0 Å². The molecule has 0 bridgehead atoms. The van der Waals surface area contributed by atoms with Gasteiger partial charge in [0, 0.05) is 12.8 Å². The fourth-order valence-corrected chi connectivity index (χ4v) is 2.78. The number of aryl methyl sites for hydroxylation is 1. The zero-order valence-corrected chi connectivity index (χ0v) is 11.0. The van der Waals surface area contributed by atoms with Crippen molar-refractivity contribution in [3.05, 3.63) is 52.4 Å². The predicted octanol–water partition coefficient (Wildman–Crippen LogP) is 3.03. The Labute approximate surface area is 114 Å². The first kappa shape index (κ1) is 12.1. The van der Waals surface area contributed by atoms with Crippen molar-refractivity contribution in [2.24, 2.45) is 0 Å². The minimum absolute atomic E-state index is 0.265.